The maximum atomic E-state index is 11.6. The summed E-state index contributed by atoms with van der Waals surface area (Å²) in [7, 11) is 0. The molecule has 5 nitrogen and oxygen atoms in total. The van der Waals surface area contributed by atoms with Gasteiger partial charge in [-0.2, -0.15) is 0 Å². The van der Waals surface area contributed by atoms with Gasteiger partial charge in [-0.1, -0.05) is 13.0 Å². The number of H-pyrrole nitrogens is 1. The van der Waals surface area contributed by atoms with Crippen molar-refractivity contribution < 1.29 is 0 Å². The van der Waals surface area contributed by atoms with E-state index in [1.807, 2.05) is 26.0 Å². The quantitative estimate of drug-likeness (QED) is 0.849. The summed E-state index contributed by atoms with van der Waals surface area (Å²) in [6, 6.07) is 5.31. The Bertz CT molecular complexity index is 592. The minimum atomic E-state index is -0.155. The molecule has 0 radical (unpaired) electrons. The smallest absolute Gasteiger partial charge is 0.251 e. The molecule has 0 aromatic carbocycles. The van der Waals surface area contributed by atoms with Crippen LogP contribution in [0.15, 0.2) is 29.2 Å². The highest BCUT2D eigenvalue weighted by molar-refractivity contribution is 5.53. The number of nitrogens with one attached hydrogen (secondary N) is 2. The monoisotopic (exact) mass is 244 g/mol. The first kappa shape index (κ1) is 12.4. The minimum Gasteiger partial charge on any atom is -0.311 e. The normalized spacial score (nSPS) is 10.6. The predicted molar refractivity (Wildman–Crippen MR) is 70.2 cm³/mol. The van der Waals surface area contributed by atoms with E-state index in [0.717, 1.165) is 17.8 Å². The van der Waals surface area contributed by atoms with Crippen LogP contribution >= 0.6 is 0 Å². The molecule has 2 rings (SSSR count). The number of hydrogen-bond donors (Lipinski definition) is 2. The van der Waals surface area contributed by atoms with Crippen molar-refractivity contribution in [1.29, 1.82) is 0 Å². The first-order chi connectivity index (χ1) is 8.70. The molecule has 0 atom stereocenters. The van der Waals surface area contributed by atoms with E-state index in [1.165, 1.54) is 6.07 Å². The highest BCUT2D eigenvalue weighted by atomic mass is 16.1. The summed E-state index contributed by atoms with van der Waals surface area (Å²) in [6.45, 7) is 5.38. The summed E-state index contributed by atoms with van der Waals surface area (Å²) in [5.74, 6) is 0.522. The van der Waals surface area contributed by atoms with E-state index in [1.54, 1.807) is 6.20 Å². The molecule has 0 fully saturated rings. The Hall–Kier alpha value is -2.01. The Balaban J connectivity index is 2.42. The second-order valence-corrected chi connectivity index (χ2v) is 4.03. The van der Waals surface area contributed by atoms with Crippen molar-refractivity contribution in [3.05, 3.63) is 46.0 Å². The Morgan fingerprint density at radius 2 is 2.28 bits per heavy atom. The first-order valence-corrected chi connectivity index (χ1v) is 5.93. The van der Waals surface area contributed by atoms with Gasteiger partial charge in [0, 0.05) is 18.8 Å². The minimum absolute atomic E-state index is 0.155. The Labute approximate surface area is 105 Å². The SMILES string of the molecule is CCNCc1cc(=O)[nH]c(-c2ncccc2C)n1. The molecule has 0 unspecified atom stereocenters. The highest BCUT2D eigenvalue weighted by Crippen LogP contribution is 2.14. The average molecular weight is 244 g/mol. The van der Waals surface area contributed by atoms with Gasteiger partial charge in [0.15, 0.2) is 5.82 Å². The van der Waals surface area contributed by atoms with Crippen LogP contribution in [0.3, 0.4) is 0 Å². The Kier molecular flexibility index (Phi) is 3.84. The van der Waals surface area contributed by atoms with Gasteiger partial charge < -0.3 is 10.3 Å². The van der Waals surface area contributed by atoms with Gasteiger partial charge in [-0.05, 0) is 25.1 Å². The molecule has 94 valence electrons. The van der Waals surface area contributed by atoms with Gasteiger partial charge in [-0.15, -0.1) is 0 Å². The van der Waals surface area contributed by atoms with Crippen molar-refractivity contribution in [2.24, 2.45) is 0 Å². The van der Waals surface area contributed by atoms with Gasteiger partial charge in [0.05, 0.1) is 5.69 Å². The second-order valence-electron chi connectivity index (χ2n) is 4.03. The fraction of sp³-hybridized carbons (Fsp3) is 0.308. The van der Waals surface area contributed by atoms with Crippen molar-refractivity contribution in [2.75, 3.05) is 6.54 Å². The number of nitrogens with zero attached hydrogens (tertiary/aromatic N) is 2. The van der Waals surface area contributed by atoms with Crippen LogP contribution < -0.4 is 10.9 Å². The van der Waals surface area contributed by atoms with Gasteiger partial charge >= 0.3 is 0 Å². The second kappa shape index (κ2) is 5.55. The largest absolute Gasteiger partial charge is 0.311 e. The summed E-state index contributed by atoms with van der Waals surface area (Å²) < 4.78 is 0. The number of aryl methyl sites for hydroxylation is 1. The molecule has 2 N–H and O–H groups in total. The molecule has 2 aromatic heterocycles. The summed E-state index contributed by atoms with van der Waals surface area (Å²) in [6.07, 6.45) is 1.69. The molecule has 0 aliphatic rings. The van der Waals surface area contributed by atoms with Gasteiger partial charge in [-0.25, -0.2) is 4.98 Å². The van der Waals surface area contributed by atoms with Gasteiger partial charge in [0.1, 0.15) is 5.69 Å². The van der Waals surface area contributed by atoms with Crippen molar-refractivity contribution in [3.8, 4) is 11.5 Å². The molecule has 2 aromatic rings. The molecule has 0 amide bonds. The van der Waals surface area contributed by atoms with Crippen LogP contribution in [-0.4, -0.2) is 21.5 Å². The highest BCUT2D eigenvalue weighted by Gasteiger charge is 2.07. The third-order valence-electron chi connectivity index (χ3n) is 2.58. The molecule has 5 heteroatoms. The molecule has 0 saturated heterocycles. The van der Waals surface area contributed by atoms with Crippen molar-refractivity contribution in [3.63, 3.8) is 0 Å². The molecule has 0 aliphatic carbocycles. The van der Waals surface area contributed by atoms with Gasteiger partial charge in [-0.3, -0.25) is 9.78 Å². The van der Waals surface area contributed by atoms with E-state index in [2.05, 4.69) is 20.3 Å². The van der Waals surface area contributed by atoms with Crippen molar-refractivity contribution in [2.45, 2.75) is 20.4 Å². The van der Waals surface area contributed by atoms with Crippen molar-refractivity contribution >= 4 is 0 Å². The number of hydrogen-bond acceptors (Lipinski definition) is 4. The molecular formula is C13H16N4O. The maximum absolute atomic E-state index is 11.6. The molecule has 0 bridgehead atoms. The third-order valence-corrected chi connectivity index (χ3v) is 2.58. The lowest BCUT2D eigenvalue weighted by Crippen LogP contribution is -2.17. The predicted octanol–water partition coefficient (Wildman–Crippen LogP) is 1.25. The fourth-order valence-electron chi connectivity index (χ4n) is 1.70. The van der Waals surface area contributed by atoms with Crippen LogP contribution in [0.2, 0.25) is 0 Å². The van der Waals surface area contributed by atoms with E-state index >= 15 is 0 Å². The van der Waals surface area contributed by atoms with Crippen LogP contribution in [0.4, 0.5) is 0 Å². The van der Waals surface area contributed by atoms with Crippen LogP contribution in [0.25, 0.3) is 11.5 Å². The van der Waals surface area contributed by atoms with Gasteiger partial charge in [0.25, 0.3) is 5.56 Å². The molecular weight excluding hydrogens is 228 g/mol. The zero-order valence-electron chi connectivity index (χ0n) is 10.5. The molecule has 0 aliphatic heterocycles. The summed E-state index contributed by atoms with van der Waals surface area (Å²) in [4.78, 5) is 23.0. The maximum Gasteiger partial charge on any atom is 0.251 e. The van der Waals surface area contributed by atoms with Crippen molar-refractivity contribution in [1.82, 2.24) is 20.3 Å². The number of aromatic amines is 1. The molecule has 18 heavy (non-hydrogen) atoms. The zero-order chi connectivity index (χ0) is 13.0. The fourth-order valence-corrected chi connectivity index (χ4v) is 1.70. The van der Waals surface area contributed by atoms with E-state index in [0.29, 0.717) is 18.1 Å². The standard InChI is InChI=1S/C13H16N4O/c1-3-14-8-10-7-11(18)17-13(16-10)12-9(2)5-4-6-15-12/h4-7,14H,3,8H2,1-2H3,(H,16,17,18). The van der Waals surface area contributed by atoms with Crippen LogP contribution in [0, 0.1) is 6.92 Å². The summed E-state index contributed by atoms with van der Waals surface area (Å²) >= 11 is 0. The third kappa shape index (κ3) is 2.81. The lowest BCUT2D eigenvalue weighted by atomic mass is 10.2. The van der Waals surface area contributed by atoms with Crippen LogP contribution in [0.5, 0.6) is 0 Å². The number of aromatic nitrogens is 3. The van der Waals surface area contributed by atoms with Gasteiger partial charge in [0.2, 0.25) is 0 Å². The zero-order valence-corrected chi connectivity index (χ0v) is 10.5. The Morgan fingerprint density at radius 1 is 1.44 bits per heavy atom. The average Bonchev–Trinajstić information content (AvgIpc) is 2.36. The summed E-state index contributed by atoms with van der Waals surface area (Å²) in [5, 5.41) is 3.15. The molecule has 2 heterocycles. The summed E-state index contributed by atoms with van der Waals surface area (Å²) in [5.41, 5.74) is 2.27. The topological polar surface area (TPSA) is 70.7 Å². The molecule has 0 saturated carbocycles. The first-order valence-electron chi connectivity index (χ1n) is 5.93. The number of pyridine rings is 1. The lowest BCUT2D eigenvalue weighted by Gasteiger charge is -2.06. The van der Waals surface area contributed by atoms with E-state index in [9.17, 15) is 4.79 Å². The Morgan fingerprint density at radius 3 is 3.00 bits per heavy atom. The van der Waals surface area contributed by atoms with Crippen LogP contribution in [-0.2, 0) is 6.54 Å². The van der Waals surface area contributed by atoms with Crippen LogP contribution in [0.1, 0.15) is 18.2 Å². The lowest BCUT2D eigenvalue weighted by molar-refractivity contribution is 0.707. The number of rotatable bonds is 4. The van der Waals surface area contributed by atoms with E-state index in [-0.39, 0.29) is 5.56 Å². The van der Waals surface area contributed by atoms with E-state index in [4.69, 9.17) is 0 Å². The van der Waals surface area contributed by atoms with E-state index < -0.39 is 0 Å². The molecule has 0 spiro atoms.